The molecule has 0 aromatic heterocycles. The van der Waals surface area contributed by atoms with Gasteiger partial charge >= 0.3 is 0 Å². The Morgan fingerprint density at radius 2 is 2.29 bits per heavy atom. The van der Waals surface area contributed by atoms with Crippen LogP contribution >= 0.6 is 12.2 Å². The lowest BCUT2D eigenvalue weighted by Crippen LogP contribution is -2.39. The van der Waals surface area contributed by atoms with Crippen LogP contribution in [0.5, 0.6) is 0 Å². The van der Waals surface area contributed by atoms with Crippen LogP contribution in [0.1, 0.15) is 33.1 Å². The predicted molar refractivity (Wildman–Crippen MR) is 60.9 cm³/mol. The molecule has 0 bridgehead atoms. The molecule has 0 aromatic carbocycles. The Balaban J connectivity index is 2.48. The van der Waals surface area contributed by atoms with E-state index in [2.05, 4.69) is 19.2 Å². The number of thiocarbonyl (C=S) groups is 1. The Morgan fingerprint density at radius 3 is 2.71 bits per heavy atom. The molecule has 3 nitrogen and oxygen atoms in total. The van der Waals surface area contributed by atoms with Gasteiger partial charge in [0.15, 0.2) is 0 Å². The van der Waals surface area contributed by atoms with Gasteiger partial charge in [-0.05, 0) is 18.3 Å². The van der Waals surface area contributed by atoms with Gasteiger partial charge in [-0.2, -0.15) is 0 Å². The van der Waals surface area contributed by atoms with Gasteiger partial charge in [0.1, 0.15) is 0 Å². The highest BCUT2D eigenvalue weighted by Crippen LogP contribution is 2.42. The van der Waals surface area contributed by atoms with Crippen molar-refractivity contribution in [3.63, 3.8) is 0 Å². The van der Waals surface area contributed by atoms with Gasteiger partial charge in [-0.1, -0.05) is 32.5 Å². The minimum atomic E-state index is 0.0975. The van der Waals surface area contributed by atoms with Crippen molar-refractivity contribution >= 4 is 23.1 Å². The van der Waals surface area contributed by atoms with Gasteiger partial charge in [-0.25, -0.2) is 0 Å². The monoisotopic (exact) mass is 214 g/mol. The third kappa shape index (κ3) is 2.67. The number of hydrogen-bond acceptors (Lipinski definition) is 2. The van der Waals surface area contributed by atoms with Crippen LogP contribution in [0, 0.1) is 11.3 Å². The average Bonchev–Trinajstić information content (AvgIpc) is 2.41. The lowest BCUT2D eigenvalue weighted by atomic mass is 9.81. The maximum Gasteiger partial charge on any atom is 0.223 e. The van der Waals surface area contributed by atoms with Crippen LogP contribution in [0.15, 0.2) is 0 Å². The topological polar surface area (TPSA) is 55.1 Å². The van der Waals surface area contributed by atoms with E-state index in [1.165, 1.54) is 0 Å². The Morgan fingerprint density at radius 1 is 1.64 bits per heavy atom. The quantitative estimate of drug-likeness (QED) is 0.694. The molecule has 1 unspecified atom stereocenters. The van der Waals surface area contributed by atoms with Crippen molar-refractivity contribution in [2.24, 2.45) is 17.1 Å². The summed E-state index contributed by atoms with van der Waals surface area (Å²) in [7, 11) is 0. The molecule has 1 aliphatic rings. The van der Waals surface area contributed by atoms with Gasteiger partial charge in [0, 0.05) is 5.92 Å². The second-order valence-corrected chi connectivity index (χ2v) is 5.14. The van der Waals surface area contributed by atoms with E-state index in [1.807, 2.05) is 0 Å². The molecule has 0 spiro atoms. The molecule has 0 radical (unpaired) electrons. The van der Waals surface area contributed by atoms with Crippen molar-refractivity contribution in [3.8, 4) is 0 Å². The minimum Gasteiger partial charge on any atom is -0.392 e. The third-order valence-electron chi connectivity index (χ3n) is 3.01. The van der Waals surface area contributed by atoms with Crippen molar-refractivity contribution in [1.82, 2.24) is 5.32 Å². The normalized spacial score (nSPS) is 24.6. The maximum atomic E-state index is 11.7. The average molecular weight is 214 g/mol. The second kappa shape index (κ2) is 4.26. The van der Waals surface area contributed by atoms with Crippen molar-refractivity contribution in [1.29, 1.82) is 0 Å². The number of rotatable bonds is 3. The zero-order chi connectivity index (χ0) is 10.8. The zero-order valence-corrected chi connectivity index (χ0v) is 9.62. The van der Waals surface area contributed by atoms with Gasteiger partial charge in [0.25, 0.3) is 0 Å². The minimum absolute atomic E-state index is 0.0975. The summed E-state index contributed by atoms with van der Waals surface area (Å²) < 4.78 is 0. The summed E-state index contributed by atoms with van der Waals surface area (Å²) in [6, 6.07) is 0. The number of amides is 1. The molecule has 1 fully saturated rings. The molecule has 1 amide bonds. The molecule has 0 heterocycles. The molecule has 1 atom stereocenters. The standard InChI is InChI=1S/C10H18N2OS/c1-10(2)5-3-4-7(10)9(13)12-6-8(11)14/h7H,3-6H2,1-2H3,(H2,11,14)(H,12,13). The van der Waals surface area contributed by atoms with E-state index < -0.39 is 0 Å². The first-order valence-corrected chi connectivity index (χ1v) is 5.40. The van der Waals surface area contributed by atoms with Crippen LogP contribution in [-0.2, 0) is 4.79 Å². The maximum absolute atomic E-state index is 11.7. The number of hydrogen-bond donors (Lipinski definition) is 2. The molecule has 80 valence electrons. The first-order chi connectivity index (χ1) is 6.43. The first kappa shape index (κ1) is 11.4. The predicted octanol–water partition coefficient (Wildman–Crippen LogP) is 1.22. The van der Waals surface area contributed by atoms with Crippen molar-refractivity contribution in [3.05, 3.63) is 0 Å². The molecule has 0 saturated heterocycles. The summed E-state index contributed by atoms with van der Waals surface area (Å²) in [6.45, 7) is 4.61. The highest BCUT2D eigenvalue weighted by atomic mass is 32.1. The molecule has 0 aliphatic heterocycles. The Bertz CT molecular complexity index is 251. The summed E-state index contributed by atoms with van der Waals surface area (Å²) in [6.07, 6.45) is 3.24. The molecule has 14 heavy (non-hydrogen) atoms. The van der Waals surface area contributed by atoms with Crippen LogP contribution in [0.4, 0.5) is 0 Å². The summed E-state index contributed by atoms with van der Waals surface area (Å²) in [5.74, 6) is 0.220. The Labute approximate surface area is 90.4 Å². The van der Waals surface area contributed by atoms with Gasteiger partial charge in [0.05, 0.1) is 11.5 Å². The van der Waals surface area contributed by atoms with Crippen molar-refractivity contribution in [2.75, 3.05) is 6.54 Å². The first-order valence-electron chi connectivity index (χ1n) is 4.99. The van der Waals surface area contributed by atoms with Crippen molar-refractivity contribution < 1.29 is 4.79 Å². The number of carbonyl (C=O) groups is 1. The fourth-order valence-electron chi connectivity index (χ4n) is 2.11. The molecule has 3 N–H and O–H groups in total. The summed E-state index contributed by atoms with van der Waals surface area (Å²) in [4.78, 5) is 12.1. The van der Waals surface area contributed by atoms with Crippen LogP contribution in [-0.4, -0.2) is 17.4 Å². The van der Waals surface area contributed by atoms with Crippen molar-refractivity contribution in [2.45, 2.75) is 33.1 Å². The van der Waals surface area contributed by atoms with E-state index in [4.69, 9.17) is 18.0 Å². The fourth-order valence-corrected chi connectivity index (χ4v) is 2.18. The van der Waals surface area contributed by atoms with Crippen LogP contribution < -0.4 is 11.1 Å². The summed E-state index contributed by atoms with van der Waals surface area (Å²) in [5, 5.41) is 2.77. The molecular weight excluding hydrogens is 196 g/mol. The largest absolute Gasteiger partial charge is 0.392 e. The van der Waals surface area contributed by atoms with E-state index in [9.17, 15) is 4.79 Å². The number of nitrogens with two attached hydrogens (primary N) is 1. The molecule has 1 rings (SSSR count). The lowest BCUT2D eigenvalue weighted by molar-refractivity contribution is -0.127. The number of nitrogens with one attached hydrogen (secondary N) is 1. The molecule has 4 heteroatoms. The van der Waals surface area contributed by atoms with E-state index >= 15 is 0 Å². The van der Waals surface area contributed by atoms with E-state index in [1.54, 1.807) is 0 Å². The highest BCUT2D eigenvalue weighted by molar-refractivity contribution is 7.80. The Kier molecular flexibility index (Phi) is 3.48. The van der Waals surface area contributed by atoms with E-state index in [0.717, 1.165) is 19.3 Å². The van der Waals surface area contributed by atoms with Crippen LogP contribution in [0.2, 0.25) is 0 Å². The third-order valence-corrected chi connectivity index (χ3v) is 3.15. The lowest BCUT2D eigenvalue weighted by Gasteiger charge is -2.25. The fraction of sp³-hybridized carbons (Fsp3) is 0.800. The summed E-state index contributed by atoms with van der Waals surface area (Å²) >= 11 is 4.71. The van der Waals surface area contributed by atoms with E-state index in [-0.39, 0.29) is 17.2 Å². The molecule has 1 saturated carbocycles. The SMILES string of the molecule is CC1(C)CCCC1C(=O)NCC(N)=S. The highest BCUT2D eigenvalue weighted by Gasteiger charge is 2.38. The summed E-state index contributed by atoms with van der Waals surface area (Å²) in [5.41, 5.74) is 5.45. The smallest absolute Gasteiger partial charge is 0.223 e. The van der Waals surface area contributed by atoms with E-state index in [0.29, 0.717) is 11.5 Å². The van der Waals surface area contributed by atoms with Crippen LogP contribution in [0.3, 0.4) is 0 Å². The zero-order valence-electron chi connectivity index (χ0n) is 8.80. The number of carbonyl (C=O) groups excluding carboxylic acids is 1. The molecular formula is C10H18N2OS. The Hall–Kier alpha value is -0.640. The van der Waals surface area contributed by atoms with Gasteiger partial charge in [-0.15, -0.1) is 0 Å². The molecule has 0 aromatic rings. The van der Waals surface area contributed by atoms with Gasteiger partial charge in [-0.3, -0.25) is 4.79 Å². The van der Waals surface area contributed by atoms with Gasteiger partial charge in [0.2, 0.25) is 5.91 Å². The van der Waals surface area contributed by atoms with Gasteiger partial charge < -0.3 is 11.1 Å². The second-order valence-electron chi connectivity index (χ2n) is 4.62. The molecule has 1 aliphatic carbocycles. The van der Waals surface area contributed by atoms with Crippen LogP contribution in [0.25, 0.3) is 0 Å².